The number of rotatable bonds is 3. The Hall–Kier alpha value is -1.55. The molecule has 0 radical (unpaired) electrons. The minimum Gasteiger partial charge on any atom is -0.445 e. The van der Waals surface area contributed by atoms with Gasteiger partial charge in [0.25, 0.3) is 0 Å². The van der Waals surface area contributed by atoms with Crippen molar-refractivity contribution in [3.05, 3.63) is 35.4 Å². The molecule has 1 heterocycles. The van der Waals surface area contributed by atoms with Crippen molar-refractivity contribution in [3.63, 3.8) is 0 Å². The molecule has 0 aromatic heterocycles. The van der Waals surface area contributed by atoms with Crippen molar-refractivity contribution in [2.24, 2.45) is 0 Å². The minimum atomic E-state index is -0.213. The van der Waals surface area contributed by atoms with Crippen LogP contribution in [0.1, 0.15) is 30.9 Å². The van der Waals surface area contributed by atoms with Gasteiger partial charge in [0, 0.05) is 26.2 Å². The van der Waals surface area contributed by atoms with Gasteiger partial charge in [0.1, 0.15) is 6.61 Å². The van der Waals surface area contributed by atoms with Gasteiger partial charge in [-0.15, -0.1) is 0 Å². The van der Waals surface area contributed by atoms with Crippen molar-refractivity contribution in [2.75, 3.05) is 26.2 Å². The second-order valence-corrected chi connectivity index (χ2v) is 5.19. The lowest BCUT2D eigenvalue weighted by molar-refractivity contribution is 0.0918. The van der Waals surface area contributed by atoms with Crippen LogP contribution in [0.25, 0.3) is 0 Å². The number of ether oxygens (including phenoxy) is 1. The molecule has 0 saturated carbocycles. The lowest BCUT2D eigenvalue weighted by Gasteiger charge is -2.26. The fraction of sp³-hybridized carbons (Fsp3) is 0.533. The Balaban J connectivity index is 1.82. The van der Waals surface area contributed by atoms with Crippen LogP contribution in [0.3, 0.4) is 0 Å². The molecule has 4 heteroatoms. The summed E-state index contributed by atoms with van der Waals surface area (Å²) in [6.07, 6.45) is -0.213. The standard InChI is InChI=1S/C15H22N2O2/c1-12(2)14-5-3-13(4-6-14)11-19-15(18)17-9-7-16-8-10-17/h3-6,12,16H,7-11H2,1-2H3. The molecule has 1 amide bonds. The zero-order valence-electron chi connectivity index (χ0n) is 11.7. The van der Waals surface area contributed by atoms with E-state index in [1.807, 2.05) is 12.1 Å². The summed E-state index contributed by atoms with van der Waals surface area (Å²) in [4.78, 5) is 13.6. The normalized spacial score (nSPS) is 15.6. The highest BCUT2D eigenvalue weighted by atomic mass is 16.6. The van der Waals surface area contributed by atoms with Crippen LogP contribution in [-0.2, 0) is 11.3 Å². The summed E-state index contributed by atoms with van der Waals surface area (Å²) in [5, 5.41) is 3.21. The van der Waals surface area contributed by atoms with E-state index < -0.39 is 0 Å². The van der Waals surface area contributed by atoms with Crippen molar-refractivity contribution in [2.45, 2.75) is 26.4 Å². The Morgan fingerprint density at radius 3 is 2.47 bits per heavy atom. The molecule has 1 aromatic carbocycles. The minimum absolute atomic E-state index is 0.213. The first-order chi connectivity index (χ1) is 9.16. The summed E-state index contributed by atoms with van der Waals surface area (Å²) in [5.74, 6) is 0.525. The van der Waals surface area contributed by atoms with Crippen molar-refractivity contribution < 1.29 is 9.53 Å². The van der Waals surface area contributed by atoms with Gasteiger partial charge >= 0.3 is 6.09 Å². The monoisotopic (exact) mass is 262 g/mol. The molecular weight excluding hydrogens is 240 g/mol. The highest BCUT2D eigenvalue weighted by molar-refractivity contribution is 5.67. The van der Waals surface area contributed by atoms with Gasteiger partial charge < -0.3 is 15.0 Å². The molecule has 1 aromatic rings. The third-order valence-corrected chi connectivity index (χ3v) is 3.38. The zero-order chi connectivity index (χ0) is 13.7. The average Bonchev–Trinajstić information content (AvgIpc) is 2.46. The van der Waals surface area contributed by atoms with Gasteiger partial charge in [0.05, 0.1) is 0 Å². The molecule has 1 saturated heterocycles. The number of benzene rings is 1. The highest BCUT2D eigenvalue weighted by Gasteiger charge is 2.17. The van der Waals surface area contributed by atoms with E-state index in [1.165, 1.54) is 5.56 Å². The molecule has 0 aliphatic carbocycles. The van der Waals surface area contributed by atoms with E-state index in [2.05, 4.69) is 31.3 Å². The first kappa shape index (κ1) is 13.9. The van der Waals surface area contributed by atoms with E-state index in [-0.39, 0.29) is 6.09 Å². The van der Waals surface area contributed by atoms with Crippen molar-refractivity contribution >= 4 is 6.09 Å². The fourth-order valence-corrected chi connectivity index (χ4v) is 2.08. The van der Waals surface area contributed by atoms with E-state index >= 15 is 0 Å². The number of carbonyl (C=O) groups excluding carboxylic acids is 1. The Bertz CT molecular complexity index is 409. The summed E-state index contributed by atoms with van der Waals surface area (Å²) in [5.41, 5.74) is 2.34. The zero-order valence-corrected chi connectivity index (χ0v) is 11.7. The lowest BCUT2D eigenvalue weighted by Crippen LogP contribution is -2.46. The molecule has 0 bridgehead atoms. The molecule has 4 nitrogen and oxygen atoms in total. The van der Waals surface area contributed by atoms with Gasteiger partial charge in [-0.05, 0) is 17.0 Å². The van der Waals surface area contributed by atoms with E-state index in [9.17, 15) is 4.79 Å². The molecule has 0 spiro atoms. The number of nitrogens with zero attached hydrogens (tertiary/aromatic N) is 1. The number of hydrogen-bond acceptors (Lipinski definition) is 3. The maximum Gasteiger partial charge on any atom is 0.410 e. The van der Waals surface area contributed by atoms with Gasteiger partial charge in [-0.2, -0.15) is 0 Å². The Morgan fingerprint density at radius 1 is 1.26 bits per heavy atom. The predicted molar refractivity (Wildman–Crippen MR) is 75.2 cm³/mol. The molecule has 0 atom stereocenters. The van der Waals surface area contributed by atoms with Crippen LogP contribution in [0.2, 0.25) is 0 Å². The Labute approximate surface area is 114 Å². The average molecular weight is 262 g/mol. The first-order valence-electron chi connectivity index (χ1n) is 6.88. The van der Waals surface area contributed by atoms with Crippen LogP contribution in [-0.4, -0.2) is 37.2 Å². The maximum atomic E-state index is 11.8. The van der Waals surface area contributed by atoms with Crippen LogP contribution in [0.15, 0.2) is 24.3 Å². The number of amides is 1. The summed E-state index contributed by atoms with van der Waals surface area (Å²) in [7, 11) is 0. The molecular formula is C15H22N2O2. The van der Waals surface area contributed by atoms with Gasteiger partial charge in [-0.1, -0.05) is 38.1 Å². The van der Waals surface area contributed by atoms with Crippen LogP contribution >= 0.6 is 0 Å². The number of carbonyl (C=O) groups is 1. The van der Waals surface area contributed by atoms with Crippen LogP contribution in [0.4, 0.5) is 4.79 Å². The SMILES string of the molecule is CC(C)c1ccc(COC(=O)N2CCNCC2)cc1. The van der Waals surface area contributed by atoms with Crippen molar-refractivity contribution in [1.29, 1.82) is 0 Å². The third kappa shape index (κ3) is 3.96. The summed E-state index contributed by atoms with van der Waals surface area (Å²) < 4.78 is 5.33. The second kappa shape index (κ2) is 6.57. The van der Waals surface area contributed by atoms with Gasteiger partial charge in [-0.25, -0.2) is 4.79 Å². The second-order valence-electron chi connectivity index (χ2n) is 5.19. The van der Waals surface area contributed by atoms with E-state index in [0.717, 1.165) is 31.7 Å². The van der Waals surface area contributed by atoms with Crippen molar-refractivity contribution in [1.82, 2.24) is 10.2 Å². The van der Waals surface area contributed by atoms with Crippen LogP contribution < -0.4 is 5.32 Å². The van der Waals surface area contributed by atoms with Crippen LogP contribution in [0.5, 0.6) is 0 Å². The fourth-order valence-electron chi connectivity index (χ4n) is 2.08. The maximum absolute atomic E-state index is 11.8. The lowest BCUT2D eigenvalue weighted by atomic mass is 10.0. The molecule has 0 unspecified atom stereocenters. The van der Waals surface area contributed by atoms with Crippen LogP contribution in [0, 0.1) is 0 Å². The van der Waals surface area contributed by atoms with E-state index in [0.29, 0.717) is 12.5 Å². The number of nitrogens with one attached hydrogen (secondary N) is 1. The Morgan fingerprint density at radius 2 is 1.89 bits per heavy atom. The molecule has 1 aliphatic rings. The molecule has 1 N–H and O–H groups in total. The van der Waals surface area contributed by atoms with Crippen molar-refractivity contribution in [3.8, 4) is 0 Å². The predicted octanol–water partition coefficient (Wildman–Crippen LogP) is 2.35. The quantitative estimate of drug-likeness (QED) is 0.909. The van der Waals surface area contributed by atoms with E-state index in [4.69, 9.17) is 4.74 Å². The molecule has 2 rings (SSSR count). The Kier molecular flexibility index (Phi) is 4.80. The number of piperazine rings is 1. The summed E-state index contributed by atoms with van der Waals surface area (Å²) in [6, 6.07) is 8.25. The summed E-state index contributed by atoms with van der Waals surface area (Å²) in [6.45, 7) is 7.83. The molecule has 1 fully saturated rings. The molecule has 1 aliphatic heterocycles. The van der Waals surface area contributed by atoms with Gasteiger partial charge in [0.15, 0.2) is 0 Å². The molecule has 19 heavy (non-hydrogen) atoms. The third-order valence-electron chi connectivity index (χ3n) is 3.38. The highest BCUT2D eigenvalue weighted by Crippen LogP contribution is 2.15. The number of hydrogen-bond donors (Lipinski definition) is 1. The van der Waals surface area contributed by atoms with Gasteiger partial charge in [-0.3, -0.25) is 0 Å². The largest absolute Gasteiger partial charge is 0.445 e. The van der Waals surface area contributed by atoms with Gasteiger partial charge in [0.2, 0.25) is 0 Å². The first-order valence-corrected chi connectivity index (χ1v) is 6.88. The van der Waals surface area contributed by atoms with E-state index in [1.54, 1.807) is 4.90 Å². The molecule has 104 valence electrons. The topological polar surface area (TPSA) is 41.6 Å². The smallest absolute Gasteiger partial charge is 0.410 e. The summed E-state index contributed by atoms with van der Waals surface area (Å²) >= 11 is 0.